The van der Waals surface area contributed by atoms with Crippen LogP contribution in [-0.4, -0.2) is 12.1 Å². The molecule has 0 fully saturated rings. The van der Waals surface area contributed by atoms with Gasteiger partial charge in [-0.2, -0.15) is 0 Å². The minimum absolute atomic E-state index is 0.224. The number of hydrogen-bond donors (Lipinski definition) is 1. The Hall–Kier alpha value is -1.39. The van der Waals surface area contributed by atoms with Crippen molar-refractivity contribution in [1.82, 2.24) is 4.98 Å². The second kappa shape index (κ2) is 5.72. The van der Waals surface area contributed by atoms with Gasteiger partial charge in [-0.3, -0.25) is 4.98 Å². The topological polar surface area (TPSA) is 48.1 Å². The first-order valence-electron chi connectivity index (χ1n) is 6.05. The van der Waals surface area contributed by atoms with E-state index in [-0.39, 0.29) is 6.04 Å². The Kier molecular flexibility index (Phi) is 4.22. The fraction of sp³-hybridized carbons (Fsp3) is 0.267. The molecule has 0 aliphatic rings. The maximum absolute atomic E-state index is 6.31. The third kappa shape index (κ3) is 2.96. The molecule has 100 valence electrons. The summed E-state index contributed by atoms with van der Waals surface area (Å²) in [7, 11) is 1.68. The van der Waals surface area contributed by atoms with Crippen LogP contribution in [0.15, 0.2) is 34.9 Å². The lowest BCUT2D eigenvalue weighted by Crippen LogP contribution is -2.15. The maximum atomic E-state index is 6.31. The summed E-state index contributed by atoms with van der Waals surface area (Å²) in [5.41, 5.74) is 10.4. The number of halogens is 1. The molecule has 0 amide bonds. The number of nitrogens with two attached hydrogens (primary N) is 1. The number of pyridine rings is 1. The van der Waals surface area contributed by atoms with Gasteiger partial charge in [0.15, 0.2) is 0 Å². The fourth-order valence-electron chi connectivity index (χ4n) is 2.10. The molecule has 0 radical (unpaired) electrons. The van der Waals surface area contributed by atoms with Crippen molar-refractivity contribution < 1.29 is 4.74 Å². The number of methoxy groups -OCH3 is 1. The quantitative estimate of drug-likeness (QED) is 0.941. The van der Waals surface area contributed by atoms with E-state index in [0.29, 0.717) is 0 Å². The molecular weight excluding hydrogens is 304 g/mol. The van der Waals surface area contributed by atoms with Gasteiger partial charge < -0.3 is 10.5 Å². The average Bonchev–Trinajstić information content (AvgIpc) is 2.41. The van der Waals surface area contributed by atoms with Crippen molar-refractivity contribution in [3.63, 3.8) is 0 Å². The third-order valence-electron chi connectivity index (χ3n) is 3.19. The van der Waals surface area contributed by atoms with E-state index in [1.54, 1.807) is 13.3 Å². The predicted octanol–water partition coefficient (Wildman–Crippen LogP) is 3.52. The average molecular weight is 321 g/mol. The first-order valence-corrected chi connectivity index (χ1v) is 6.84. The molecule has 2 aromatic rings. The molecule has 1 aromatic heterocycles. The second-order valence-electron chi connectivity index (χ2n) is 4.56. The maximum Gasteiger partial charge on any atom is 0.122 e. The van der Waals surface area contributed by atoms with Gasteiger partial charge in [-0.05, 0) is 64.7 Å². The van der Waals surface area contributed by atoms with E-state index in [2.05, 4.69) is 27.0 Å². The molecule has 1 unspecified atom stereocenters. The Morgan fingerprint density at radius 2 is 1.95 bits per heavy atom. The van der Waals surface area contributed by atoms with Gasteiger partial charge in [-0.1, -0.05) is 6.07 Å². The van der Waals surface area contributed by atoms with Gasteiger partial charge in [0, 0.05) is 10.7 Å². The van der Waals surface area contributed by atoms with Crippen LogP contribution in [0, 0.1) is 13.8 Å². The molecule has 1 aromatic carbocycles. The molecule has 4 heteroatoms. The van der Waals surface area contributed by atoms with E-state index >= 15 is 0 Å². The van der Waals surface area contributed by atoms with Gasteiger partial charge in [0.2, 0.25) is 0 Å². The number of aromatic nitrogens is 1. The van der Waals surface area contributed by atoms with E-state index in [1.807, 2.05) is 32.0 Å². The zero-order valence-corrected chi connectivity index (χ0v) is 12.9. The van der Waals surface area contributed by atoms with Gasteiger partial charge in [-0.15, -0.1) is 0 Å². The zero-order valence-electron chi connectivity index (χ0n) is 11.3. The van der Waals surface area contributed by atoms with Gasteiger partial charge in [-0.25, -0.2) is 0 Å². The molecule has 2 N–H and O–H groups in total. The van der Waals surface area contributed by atoms with Crippen molar-refractivity contribution in [2.24, 2.45) is 5.73 Å². The molecule has 1 atom stereocenters. The van der Waals surface area contributed by atoms with Crippen molar-refractivity contribution >= 4 is 15.9 Å². The molecule has 3 nitrogen and oxygen atoms in total. The van der Waals surface area contributed by atoms with Crippen molar-refractivity contribution in [2.75, 3.05) is 7.11 Å². The molecular formula is C15H17BrN2O. The van der Waals surface area contributed by atoms with Gasteiger partial charge >= 0.3 is 0 Å². The molecule has 1 heterocycles. The Morgan fingerprint density at radius 1 is 1.21 bits per heavy atom. The van der Waals surface area contributed by atoms with Crippen molar-refractivity contribution in [3.8, 4) is 5.75 Å². The molecule has 0 saturated heterocycles. The molecule has 0 aliphatic heterocycles. The normalized spacial score (nSPS) is 12.3. The Labute approximate surface area is 121 Å². The standard InChI is InChI=1S/C15H17BrN2O/c1-9-7-14(19-3)10(2)6-12(9)15(17)13-5-4-11(16)8-18-13/h4-8,15H,17H2,1-3H3. The first-order chi connectivity index (χ1) is 9.02. The number of benzene rings is 1. The molecule has 0 saturated carbocycles. The van der Waals surface area contributed by atoms with E-state index < -0.39 is 0 Å². The summed E-state index contributed by atoms with van der Waals surface area (Å²) in [6.45, 7) is 4.06. The van der Waals surface area contributed by atoms with Crippen molar-refractivity contribution in [2.45, 2.75) is 19.9 Å². The van der Waals surface area contributed by atoms with Crippen LogP contribution in [0.5, 0.6) is 5.75 Å². The fourth-order valence-corrected chi connectivity index (χ4v) is 2.33. The van der Waals surface area contributed by atoms with Crippen LogP contribution in [-0.2, 0) is 0 Å². The van der Waals surface area contributed by atoms with E-state index in [0.717, 1.165) is 32.6 Å². The molecule has 0 spiro atoms. The summed E-state index contributed by atoms with van der Waals surface area (Å²) >= 11 is 3.38. The number of hydrogen-bond acceptors (Lipinski definition) is 3. The summed E-state index contributed by atoms with van der Waals surface area (Å²) in [5.74, 6) is 0.886. The highest BCUT2D eigenvalue weighted by Gasteiger charge is 2.14. The molecule has 0 aliphatic carbocycles. The first kappa shape index (κ1) is 14.0. The zero-order chi connectivity index (χ0) is 14.0. The lowest BCUT2D eigenvalue weighted by atomic mass is 9.96. The van der Waals surface area contributed by atoms with E-state index in [1.165, 1.54) is 0 Å². The predicted molar refractivity (Wildman–Crippen MR) is 80.4 cm³/mol. The van der Waals surface area contributed by atoms with Crippen molar-refractivity contribution in [3.05, 3.63) is 57.3 Å². The van der Waals surface area contributed by atoms with Gasteiger partial charge in [0.1, 0.15) is 5.75 Å². The monoisotopic (exact) mass is 320 g/mol. The molecule has 2 rings (SSSR count). The second-order valence-corrected chi connectivity index (χ2v) is 5.47. The number of nitrogens with zero attached hydrogens (tertiary/aromatic N) is 1. The number of ether oxygens (including phenoxy) is 1. The SMILES string of the molecule is COc1cc(C)c(C(N)c2ccc(Br)cn2)cc1C. The van der Waals surface area contributed by atoms with Gasteiger partial charge in [0.05, 0.1) is 18.8 Å². The van der Waals surface area contributed by atoms with Crippen molar-refractivity contribution in [1.29, 1.82) is 0 Å². The summed E-state index contributed by atoms with van der Waals surface area (Å²) in [6.07, 6.45) is 1.76. The summed E-state index contributed by atoms with van der Waals surface area (Å²) in [5, 5.41) is 0. The number of rotatable bonds is 3. The Balaban J connectivity index is 2.41. The Morgan fingerprint density at radius 3 is 2.53 bits per heavy atom. The molecule has 0 bridgehead atoms. The van der Waals surface area contributed by atoms with E-state index in [4.69, 9.17) is 10.5 Å². The summed E-state index contributed by atoms with van der Waals surface area (Å²) < 4.78 is 6.27. The lowest BCUT2D eigenvalue weighted by Gasteiger charge is -2.17. The lowest BCUT2D eigenvalue weighted by molar-refractivity contribution is 0.411. The third-order valence-corrected chi connectivity index (χ3v) is 3.66. The minimum Gasteiger partial charge on any atom is -0.496 e. The van der Waals surface area contributed by atoms with Crippen LogP contribution < -0.4 is 10.5 Å². The van der Waals surface area contributed by atoms with Crippen LogP contribution in [0.4, 0.5) is 0 Å². The van der Waals surface area contributed by atoms with Crippen LogP contribution in [0.1, 0.15) is 28.4 Å². The van der Waals surface area contributed by atoms with Crippen LogP contribution >= 0.6 is 15.9 Å². The molecule has 19 heavy (non-hydrogen) atoms. The summed E-state index contributed by atoms with van der Waals surface area (Å²) in [6, 6.07) is 7.76. The smallest absolute Gasteiger partial charge is 0.122 e. The van der Waals surface area contributed by atoms with Crippen LogP contribution in [0.3, 0.4) is 0 Å². The minimum atomic E-state index is -0.224. The Bertz CT molecular complexity index is 581. The summed E-state index contributed by atoms with van der Waals surface area (Å²) in [4.78, 5) is 4.36. The number of aryl methyl sites for hydroxylation is 2. The van der Waals surface area contributed by atoms with E-state index in [9.17, 15) is 0 Å². The van der Waals surface area contributed by atoms with Gasteiger partial charge in [0.25, 0.3) is 0 Å². The highest BCUT2D eigenvalue weighted by atomic mass is 79.9. The highest BCUT2D eigenvalue weighted by Crippen LogP contribution is 2.28. The highest BCUT2D eigenvalue weighted by molar-refractivity contribution is 9.10. The van der Waals surface area contributed by atoms with Crippen LogP contribution in [0.2, 0.25) is 0 Å². The van der Waals surface area contributed by atoms with Crippen LogP contribution in [0.25, 0.3) is 0 Å². The largest absolute Gasteiger partial charge is 0.496 e.